The molecule has 0 atom stereocenters. The van der Waals surface area contributed by atoms with E-state index in [2.05, 4.69) is 24.1 Å². The Balaban J connectivity index is 1.61. The van der Waals surface area contributed by atoms with Crippen LogP contribution in [0.4, 0.5) is 0 Å². The standard InChI is InChI=1S/C16H25N3O2S/c1-13(2)18-8-10-19(11-9-18)15(20)6-3-7-17-16(21)14-5-4-12-22-14/h4-5,12-13H,3,6-11H2,1-2H3,(H,17,21). The van der Waals surface area contributed by atoms with Crippen molar-refractivity contribution in [2.75, 3.05) is 32.7 Å². The molecule has 1 aliphatic heterocycles. The minimum atomic E-state index is -0.0482. The Kier molecular flexibility index (Phi) is 6.39. The summed E-state index contributed by atoms with van der Waals surface area (Å²) in [5, 5.41) is 4.74. The van der Waals surface area contributed by atoms with E-state index < -0.39 is 0 Å². The molecule has 1 fully saturated rings. The minimum Gasteiger partial charge on any atom is -0.351 e. The summed E-state index contributed by atoms with van der Waals surface area (Å²) < 4.78 is 0. The molecule has 1 aromatic rings. The number of carbonyl (C=O) groups excluding carboxylic acids is 2. The first-order valence-electron chi connectivity index (χ1n) is 7.91. The highest BCUT2D eigenvalue weighted by Crippen LogP contribution is 2.09. The quantitative estimate of drug-likeness (QED) is 0.813. The summed E-state index contributed by atoms with van der Waals surface area (Å²) in [4.78, 5) is 29.0. The summed E-state index contributed by atoms with van der Waals surface area (Å²) in [7, 11) is 0. The van der Waals surface area contributed by atoms with Crippen LogP contribution in [-0.2, 0) is 4.79 Å². The average molecular weight is 323 g/mol. The van der Waals surface area contributed by atoms with E-state index in [9.17, 15) is 9.59 Å². The number of rotatable bonds is 6. The van der Waals surface area contributed by atoms with Gasteiger partial charge in [-0.1, -0.05) is 6.07 Å². The number of hydrogen-bond donors (Lipinski definition) is 1. The van der Waals surface area contributed by atoms with Crippen molar-refractivity contribution in [3.63, 3.8) is 0 Å². The molecule has 2 amide bonds. The zero-order valence-corrected chi connectivity index (χ0v) is 14.2. The third-order valence-electron chi connectivity index (χ3n) is 4.00. The molecule has 0 saturated carbocycles. The summed E-state index contributed by atoms with van der Waals surface area (Å²) in [5.41, 5.74) is 0. The van der Waals surface area contributed by atoms with Gasteiger partial charge in [0.05, 0.1) is 4.88 Å². The zero-order chi connectivity index (χ0) is 15.9. The van der Waals surface area contributed by atoms with E-state index in [0.717, 1.165) is 31.1 Å². The van der Waals surface area contributed by atoms with Gasteiger partial charge in [0, 0.05) is 45.2 Å². The molecule has 1 aliphatic rings. The summed E-state index contributed by atoms with van der Waals surface area (Å²) in [5.74, 6) is 0.154. The maximum atomic E-state index is 12.1. The Hall–Kier alpha value is -1.40. The SMILES string of the molecule is CC(C)N1CCN(C(=O)CCCNC(=O)c2cccs2)CC1. The van der Waals surface area contributed by atoms with Crippen LogP contribution in [0.15, 0.2) is 17.5 Å². The molecule has 0 spiro atoms. The predicted octanol–water partition coefficient (Wildman–Crippen LogP) is 1.81. The van der Waals surface area contributed by atoms with Crippen molar-refractivity contribution in [1.82, 2.24) is 15.1 Å². The number of thiophene rings is 1. The maximum absolute atomic E-state index is 12.1. The van der Waals surface area contributed by atoms with Gasteiger partial charge in [-0.2, -0.15) is 0 Å². The fourth-order valence-corrected chi connectivity index (χ4v) is 3.22. The largest absolute Gasteiger partial charge is 0.351 e. The molecule has 22 heavy (non-hydrogen) atoms. The number of amides is 2. The van der Waals surface area contributed by atoms with Gasteiger partial charge in [0.2, 0.25) is 5.91 Å². The lowest BCUT2D eigenvalue weighted by molar-refractivity contribution is -0.133. The van der Waals surface area contributed by atoms with Gasteiger partial charge in [0.25, 0.3) is 5.91 Å². The molecular weight excluding hydrogens is 298 g/mol. The summed E-state index contributed by atoms with van der Waals surface area (Å²) in [6.45, 7) is 8.48. The van der Waals surface area contributed by atoms with E-state index in [1.54, 1.807) is 6.07 Å². The predicted molar refractivity (Wildman–Crippen MR) is 89.2 cm³/mol. The first-order chi connectivity index (χ1) is 10.6. The van der Waals surface area contributed by atoms with Gasteiger partial charge in [0.15, 0.2) is 0 Å². The third-order valence-corrected chi connectivity index (χ3v) is 4.86. The second kappa shape index (κ2) is 8.29. The molecule has 1 N–H and O–H groups in total. The first kappa shape index (κ1) is 17.0. The summed E-state index contributed by atoms with van der Waals surface area (Å²) in [6.07, 6.45) is 1.20. The van der Waals surface area contributed by atoms with Crippen LogP contribution < -0.4 is 5.32 Å². The van der Waals surface area contributed by atoms with Gasteiger partial charge >= 0.3 is 0 Å². The van der Waals surface area contributed by atoms with Crippen LogP contribution in [0.5, 0.6) is 0 Å². The number of hydrogen-bond acceptors (Lipinski definition) is 4. The van der Waals surface area contributed by atoms with E-state index >= 15 is 0 Å². The smallest absolute Gasteiger partial charge is 0.261 e. The van der Waals surface area contributed by atoms with Crippen molar-refractivity contribution >= 4 is 23.2 Å². The highest BCUT2D eigenvalue weighted by molar-refractivity contribution is 7.12. The lowest BCUT2D eigenvalue weighted by atomic mass is 10.2. The van der Waals surface area contributed by atoms with Crippen LogP contribution in [0.2, 0.25) is 0 Å². The molecule has 0 unspecified atom stereocenters. The minimum absolute atomic E-state index is 0.0482. The van der Waals surface area contributed by atoms with Crippen molar-refractivity contribution in [3.8, 4) is 0 Å². The van der Waals surface area contributed by atoms with Crippen LogP contribution in [0.25, 0.3) is 0 Å². The number of nitrogens with one attached hydrogen (secondary N) is 1. The Morgan fingerprint density at radius 2 is 2.00 bits per heavy atom. The molecule has 122 valence electrons. The Morgan fingerprint density at radius 3 is 2.59 bits per heavy atom. The highest BCUT2D eigenvalue weighted by atomic mass is 32.1. The van der Waals surface area contributed by atoms with Crippen molar-refractivity contribution < 1.29 is 9.59 Å². The van der Waals surface area contributed by atoms with Crippen molar-refractivity contribution in [3.05, 3.63) is 22.4 Å². The van der Waals surface area contributed by atoms with Crippen LogP contribution >= 0.6 is 11.3 Å². The number of nitrogens with zero attached hydrogens (tertiary/aromatic N) is 2. The topological polar surface area (TPSA) is 52.6 Å². The lowest BCUT2D eigenvalue weighted by Gasteiger charge is -2.37. The van der Waals surface area contributed by atoms with E-state index in [4.69, 9.17) is 0 Å². The zero-order valence-electron chi connectivity index (χ0n) is 13.4. The number of carbonyl (C=O) groups is 2. The first-order valence-corrected chi connectivity index (χ1v) is 8.79. The van der Waals surface area contributed by atoms with E-state index in [1.807, 2.05) is 16.3 Å². The fourth-order valence-electron chi connectivity index (χ4n) is 2.58. The van der Waals surface area contributed by atoms with E-state index in [-0.39, 0.29) is 11.8 Å². The molecule has 0 radical (unpaired) electrons. The van der Waals surface area contributed by atoms with E-state index in [0.29, 0.717) is 25.4 Å². The molecule has 1 saturated heterocycles. The molecule has 1 aromatic heterocycles. The van der Waals surface area contributed by atoms with Gasteiger partial charge in [0.1, 0.15) is 0 Å². The van der Waals surface area contributed by atoms with Crippen LogP contribution in [0.1, 0.15) is 36.4 Å². The number of piperazine rings is 1. The average Bonchev–Trinajstić information content (AvgIpc) is 3.05. The van der Waals surface area contributed by atoms with Gasteiger partial charge in [-0.25, -0.2) is 0 Å². The second-order valence-corrected chi connectivity index (χ2v) is 6.79. The van der Waals surface area contributed by atoms with Crippen LogP contribution in [-0.4, -0.2) is 60.4 Å². The van der Waals surface area contributed by atoms with Crippen molar-refractivity contribution in [2.24, 2.45) is 0 Å². The van der Waals surface area contributed by atoms with Gasteiger partial charge in [-0.3, -0.25) is 14.5 Å². The molecular formula is C16H25N3O2S. The second-order valence-electron chi connectivity index (χ2n) is 5.85. The molecule has 2 heterocycles. The highest BCUT2D eigenvalue weighted by Gasteiger charge is 2.21. The van der Waals surface area contributed by atoms with Gasteiger partial charge < -0.3 is 10.2 Å². The third kappa shape index (κ3) is 4.81. The van der Waals surface area contributed by atoms with Crippen LogP contribution in [0.3, 0.4) is 0 Å². The molecule has 2 rings (SSSR count). The molecule has 0 bridgehead atoms. The Bertz CT molecular complexity index is 480. The Morgan fingerprint density at radius 1 is 1.27 bits per heavy atom. The molecule has 5 nitrogen and oxygen atoms in total. The summed E-state index contributed by atoms with van der Waals surface area (Å²) >= 11 is 1.43. The van der Waals surface area contributed by atoms with Crippen molar-refractivity contribution in [2.45, 2.75) is 32.7 Å². The van der Waals surface area contributed by atoms with Gasteiger partial charge in [-0.05, 0) is 31.7 Å². The molecule has 6 heteroatoms. The molecule has 0 aliphatic carbocycles. The maximum Gasteiger partial charge on any atom is 0.261 e. The van der Waals surface area contributed by atoms with Crippen LogP contribution in [0, 0.1) is 0 Å². The monoisotopic (exact) mass is 323 g/mol. The van der Waals surface area contributed by atoms with E-state index in [1.165, 1.54) is 11.3 Å². The summed E-state index contributed by atoms with van der Waals surface area (Å²) in [6, 6.07) is 4.21. The fraction of sp³-hybridized carbons (Fsp3) is 0.625. The van der Waals surface area contributed by atoms with Crippen molar-refractivity contribution in [1.29, 1.82) is 0 Å². The lowest BCUT2D eigenvalue weighted by Crippen LogP contribution is -2.50. The normalized spacial score (nSPS) is 16.0. The van der Waals surface area contributed by atoms with Gasteiger partial charge in [-0.15, -0.1) is 11.3 Å². The Labute approximate surface area is 136 Å². The molecule has 0 aromatic carbocycles.